The van der Waals surface area contributed by atoms with Crippen molar-refractivity contribution in [2.45, 2.75) is 29.7 Å². The smallest absolute Gasteiger partial charge is 0.290 e. The normalized spacial score (nSPS) is 14.9. The number of likely N-dealkylation sites (tertiary alicyclic amines) is 1. The Morgan fingerprint density at radius 2 is 1.79 bits per heavy atom. The van der Waals surface area contributed by atoms with Gasteiger partial charge in [-0.1, -0.05) is 12.1 Å². The summed E-state index contributed by atoms with van der Waals surface area (Å²) in [4.78, 5) is 30.3. The first kappa shape index (κ1) is 20.2. The van der Waals surface area contributed by atoms with Gasteiger partial charge in [-0.2, -0.15) is 8.78 Å². The molecule has 1 fully saturated rings. The van der Waals surface area contributed by atoms with Crippen molar-refractivity contribution in [1.82, 2.24) is 15.2 Å². The van der Waals surface area contributed by atoms with Gasteiger partial charge in [0.1, 0.15) is 10.8 Å². The number of thioether (sulfide) groups is 1. The molecule has 0 unspecified atom stereocenters. The van der Waals surface area contributed by atoms with Gasteiger partial charge in [-0.3, -0.25) is 9.59 Å². The fraction of sp³-hybridized carbons (Fsp3) is 0.316. The van der Waals surface area contributed by atoms with Crippen LogP contribution in [0.2, 0.25) is 0 Å². The van der Waals surface area contributed by atoms with E-state index in [1.54, 1.807) is 11.0 Å². The monoisotopic (exact) mass is 409 g/mol. The predicted molar refractivity (Wildman–Crippen MR) is 98.9 cm³/mol. The Balaban J connectivity index is 1.58. The van der Waals surface area contributed by atoms with Gasteiger partial charge in [-0.25, -0.2) is 9.37 Å². The van der Waals surface area contributed by atoms with E-state index < -0.39 is 17.5 Å². The Kier molecular flexibility index (Phi) is 6.56. The van der Waals surface area contributed by atoms with Gasteiger partial charge in [0.25, 0.3) is 17.6 Å². The second-order valence-electron chi connectivity index (χ2n) is 6.25. The Bertz CT molecular complexity index is 858. The Morgan fingerprint density at radius 3 is 2.46 bits per heavy atom. The SMILES string of the molecule is O=C(NC1CCN(C(=O)c2ccccc2F)CC1)c1cccnc1SC(F)F. The van der Waals surface area contributed by atoms with Crippen LogP contribution in [0, 0.1) is 5.82 Å². The van der Waals surface area contributed by atoms with Crippen LogP contribution in [0.1, 0.15) is 33.6 Å². The number of carbonyl (C=O) groups is 2. The molecule has 0 spiro atoms. The molecule has 28 heavy (non-hydrogen) atoms. The van der Waals surface area contributed by atoms with Gasteiger partial charge in [0.15, 0.2) is 0 Å². The fourth-order valence-corrected chi connectivity index (χ4v) is 3.62. The molecule has 2 aromatic rings. The number of nitrogens with zero attached hydrogens (tertiary/aromatic N) is 2. The fourth-order valence-electron chi connectivity index (χ4n) is 3.04. The van der Waals surface area contributed by atoms with Gasteiger partial charge < -0.3 is 10.2 Å². The topological polar surface area (TPSA) is 62.3 Å². The minimum absolute atomic E-state index is 0.0222. The van der Waals surface area contributed by atoms with Gasteiger partial charge in [0.2, 0.25) is 0 Å². The van der Waals surface area contributed by atoms with Gasteiger partial charge in [-0.15, -0.1) is 0 Å². The summed E-state index contributed by atoms with van der Waals surface area (Å²) in [6.07, 6.45) is 2.33. The van der Waals surface area contributed by atoms with Crippen LogP contribution in [-0.4, -0.2) is 46.6 Å². The zero-order valence-electron chi connectivity index (χ0n) is 14.8. The quantitative estimate of drug-likeness (QED) is 0.767. The summed E-state index contributed by atoms with van der Waals surface area (Å²) in [7, 11) is 0. The first-order valence-electron chi connectivity index (χ1n) is 8.70. The molecule has 0 radical (unpaired) electrons. The van der Waals surface area contributed by atoms with Crippen molar-refractivity contribution in [3.63, 3.8) is 0 Å². The van der Waals surface area contributed by atoms with Gasteiger partial charge in [0.05, 0.1) is 11.1 Å². The number of amides is 2. The van der Waals surface area contributed by atoms with E-state index in [1.807, 2.05) is 0 Å². The number of benzene rings is 1. The molecule has 1 aromatic heterocycles. The number of rotatable bonds is 5. The maximum absolute atomic E-state index is 13.8. The lowest BCUT2D eigenvalue weighted by molar-refractivity contribution is 0.0693. The average Bonchev–Trinajstić information content (AvgIpc) is 2.68. The molecule has 0 saturated carbocycles. The minimum Gasteiger partial charge on any atom is -0.349 e. The largest absolute Gasteiger partial charge is 0.349 e. The first-order chi connectivity index (χ1) is 13.5. The molecule has 1 N–H and O–H groups in total. The Morgan fingerprint density at radius 1 is 1.11 bits per heavy atom. The first-order valence-corrected chi connectivity index (χ1v) is 9.58. The molecular formula is C19H18F3N3O2S. The third-order valence-electron chi connectivity index (χ3n) is 4.44. The third-order valence-corrected chi connectivity index (χ3v) is 5.16. The van der Waals surface area contributed by atoms with Crippen LogP contribution in [0.3, 0.4) is 0 Å². The number of alkyl halides is 2. The number of hydrogen-bond acceptors (Lipinski definition) is 4. The number of pyridine rings is 1. The van der Waals surface area contributed by atoms with Crippen molar-refractivity contribution >= 4 is 23.6 Å². The van der Waals surface area contributed by atoms with Gasteiger partial charge in [0, 0.05) is 25.3 Å². The molecule has 1 saturated heterocycles. The zero-order chi connectivity index (χ0) is 20.1. The summed E-state index contributed by atoms with van der Waals surface area (Å²) in [5.74, 6) is -4.10. The number of halogens is 3. The summed E-state index contributed by atoms with van der Waals surface area (Å²) in [6, 6.07) is 8.56. The number of nitrogens with one attached hydrogen (secondary N) is 1. The zero-order valence-corrected chi connectivity index (χ0v) is 15.6. The molecule has 1 aromatic carbocycles. The van der Waals surface area contributed by atoms with Crippen LogP contribution >= 0.6 is 11.8 Å². The van der Waals surface area contributed by atoms with Crippen LogP contribution in [0.4, 0.5) is 13.2 Å². The number of piperidine rings is 1. The highest BCUT2D eigenvalue weighted by atomic mass is 32.2. The van der Waals surface area contributed by atoms with Gasteiger partial charge >= 0.3 is 0 Å². The number of hydrogen-bond donors (Lipinski definition) is 1. The lowest BCUT2D eigenvalue weighted by atomic mass is 10.0. The van der Waals surface area contributed by atoms with Crippen LogP contribution in [0.5, 0.6) is 0 Å². The summed E-state index contributed by atoms with van der Waals surface area (Å²) < 4.78 is 39.1. The molecule has 0 atom stereocenters. The lowest BCUT2D eigenvalue weighted by Crippen LogP contribution is -2.46. The van der Waals surface area contributed by atoms with Crippen LogP contribution in [0.15, 0.2) is 47.6 Å². The molecule has 0 bridgehead atoms. The van der Waals surface area contributed by atoms with E-state index in [9.17, 15) is 22.8 Å². The van der Waals surface area contributed by atoms with E-state index in [1.165, 1.54) is 36.5 Å². The van der Waals surface area contributed by atoms with Crippen molar-refractivity contribution in [1.29, 1.82) is 0 Å². The maximum atomic E-state index is 13.8. The molecule has 2 heterocycles. The van der Waals surface area contributed by atoms with Crippen molar-refractivity contribution < 1.29 is 22.8 Å². The lowest BCUT2D eigenvalue weighted by Gasteiger charge is -2.32. The highest BCUT2D eigenvalue weighted by Gasteiger charge is 2.27. The molecule has 1 aliphatic rings. The molecule has 148 valence electrons. The van der Waals surface area contributed by atoms with E-state index in [0.29, 0.717) is 25.9 Å². The van der Waals surface area contributed by atoms with E-state index in [4.69, 9.17) is 0 Å². The Hall–Kier alpha value is -2.55. The van der Waals surface area contributed by atoms with Crippen molar-refractivity contribution in [3.05, 3.63) is 59.5 Å². The predicted octanol–water partition coefficient (Wildman–Crippen LogP) is 3.57. The van der Waals surface area contributed by atoms with Crippen LogP contribution in [0.25, 0.3) is 0 Å². The second-order valence-corrected chi connectivity index (χ2v) is 7.23. The van der Waals surface area contributed by atoms with Crippen molar-refractivity contribution in [2.75, 3.05) is 13.1 Å². The molecule has 0 aliphatic carbocycles. The third kappa shape index (κ3) is 4.83. The van der Waals surface area contributed by atoms with E-state index in [2.05, 4.69) is 10.3 Å². The van der Waals surface area contributed by atoms with Crippen LogP contribution in [-0.2, 0) is 0 Å². The summed E-state index contributed by atoms with van der Waals surface area (Å²) >= 11 is 0.225. The molecule has 2 amide bonds. The van der Waals surface area contributed by atoms with Crippen molar-refractivity contribution in [2.24, 2.45) is 0 Å². The summed E-state index contributed by atoms with van der Waals surface area (Å²) in [5, 5.41) is 2.78. The number of carbonyl (C=O) groups excluding carboxylic acids is 2. The summed E-state index contributed by atoms with van der Waals surface area (Å²) in [5.41, 5.74) is 0.117. The second kappa shape index (κ2) is 9.09. The molecule has 3 rings (SSSR count). The van der Waals surface area contributed by atoms with E-state index in [0.717, 1.165) is 0 Å². The van der Waals surface area contributed by atoms with E-state index >= 15 is 0 Å². The Labute approximate surface area is 164 Å². The number of aromatic nitrogens is 1. The standard InChI is InChI=1S/C19H18F3N3O2S/c20-15-6-2-1-4-13(15)18(27)25-10-7-12(8-11-25)24-16(26)14-5-3-9-23-17(14)28-19(21)22/h1-6,9,12,19H,7-8,10-11H2,(H,24,26). The van der Waals surface area contributed by atoms with Crippen LogP contribution < -0.4 is 5.32 Å². The van der Waals surface area contributed by atoms with Gasteiger partial charge in [-0.05, 0) is 48.9 Å². The summed E-state index contributed by atoms with van der Waals surface area (Å²) in [6.45, 7) is 0.730. The minimum atomic E-state index is -2.67. The molecule has 5 nitrogen and oxygen atoms in total. The highest BCUT2D eigenvalue weighted by molar-refractivity contribution is 7.99. The van der Waals surface area contributed by atoms with E-state index in [-0.39, 0.29) is 39.9 Å². The highest BCUT2D eigenvalue weighted by Crippen LogP contribution is 2.26. The molecule has 1 aliphatic heterocycles. The maximum Gasteiger partial charge on any atom is 0.290 e. The molecular weight excluding hydrogens is 391 g/mol. The average molecular weight is 409 g/mol. The van der Waals surface area contributed by atoms with Crippen molar-refractivity contribution in [3.8, 4) is 0 Å². The molecule has 9 heteroatoms.